The zero-order valence-electron chi connectivity index (χ0n) is 22.9. The lowest BCUT2D eigenvalue weighted by atomic mass is 9.91. The summed E-state index contributed by atoms with van der Waals surface area (Å²) in [4.78, 5) is 5.10. The minimum Gasteiger partial charge on any atom is -0.314 e. The first-order valence-electron chi connectivity index (χ1n) is 13.1. The van der Waals surface area contributed by atoms with Gasteiger partial charge in [0.05, 0.1) is 0 Å². The van der Waals surface area contributed by atoms with Crippen molar-refractivity contribution in [2.24, 2.45) is 0 Å². The van der Waals surface area contributed by atoms with Gasteiger partial charge in [-0.2, -0.15) is 0 Å². The molecule has 0 saturated carbocycles. The number of halogens is 6. The van der Waals surface area contributed by atoms with Gasteiger partial charge in [-0.05, 0) is 32.7 Å². The van der Waals surface area contributed by atoms with E-state index in [9.17, 15) is 0 Å². The van der Waals surface area contributed by atoms with Crippen LogP contribution in [0.1, 0.15) is 11.1 Å². The van der Waals surface area contributed by atoms with Gasteiger partial charge in [-0.1, -0.05) is 48.5 Å². The van der Waals surface area contributed by atoms with Crippen molar-refractivity contribution in [2.75, 3.05) is 78.5 Å². The highest BCUT2D eigenvalue weighted by Gasteiger charge is 2.14. The monoisotopic (exact) mass is 676 g/mol. The Bertz CT molecular complexity index is 939. The van der Waals surface area contributed by atoms with Crippen molar-refractivity contribution in [3.63, 3.8) is 0 Å². The average Bonchev–Trinajstić information content (AvgIpc) is 2.90. The molecule has 0 amide bonds. The lowest BCUT2D eigenvalue weighted by molar-refractivity contribution is 0.241. The van der Waals surface area contributed by atoms with Crippen LogP contribution in [0.4, 0.5) is 0 Å². The minimum absolute atomic E-state index is 0. The molecular formula is C28H46Cl6N6. The lowest BCUT2D eigenvalue weighted by Gasteiger charge is -2.27. The van der Waals surface area contributed by atoms with E-state index in [0.29, 0.717) is 0 Å². The third kappa shape index (κ3) is 11.1. The molecule has 0 aliphatic carbocycles. The first-order chi connectivity index (χ1) is 16.9. The van der Waals surface area contributed by atoms with Crippen LogP contribution < -0.4 is 21.3 Å². The van der Waals surface area contributed by atoms with Crippen LogP contribution in [-0.2, 0) is 13.1 Å². The Morgan fingerprint density at radius 1 is 0.500 bits per heavy atom. The van der Waals surface area contributed by atoms with Crippen LogP contribution in [0.5, 0.6) is 0 Å². The lowest BCUT2D eigenvalue weighted by Crippen LogP contribution is -2.45. The Morgan fingerprint density at radius 2 is 0.800 bits per heavy atom. The van der Waals surface area contributed by atoms with Gasteiger partial charge in [0.25, 0.3) is 0 Å². The van der Waals surface area contributed by atoms with Crippen molar-refractivity contribution in [1.82, 2.24) is 31.1 Å². The van der Waals surface area contributed by atoms with E-state index in [4.69, 9.17) is 0 Å². The van der Waals surface area contributed by atoms with Crippen molar-refractivity contribution >= 4 is 96.0 Å². The molecule has 2 aliphatic rings. The molecule has 0 bridgehead atoms. The standard InChI is InChI=1S/C28H40N6.6ClH/c1-2-6-24-23(5-1)27(21-31-13-19-33-15-9-29-10-16-33)25-7-3-4-8-26(25)28(24)22-32-14-20-34-17-11-30-12-18-34;;;;;;/h1-8,29-32H,9-22H2;6*1H. The number of benzene rings is 3. The van der Waals surface area contributed by atoms with Crippen molar-refractivity contribution in [3.8, 4) is 0 Å². The van der Waals surface area contributed by atoms with E-state index in [0.717, 1.165) is 91.6 Å². The molecule has 0 unspecified atom stereocenters. The van der Waals surface area contributed by atoms with Crippen LogP contribution in [0.2, 0.25) is 0 Å². The first-order valence-corrected chi connectivity index (χ1v) is 13.1. The second kappa shape index (κ2) is 22.3. The number of hydrogen-bond donors (Lipinski definition) is 4. The second-order valence-electron chi connectivity index (χ2n) is 9.59. The maximum atomic E-state index is 3.75. The number of hydrogen-bond acceptors (Lipinski definition) is 6. The second-order valence-corrected chi connectivity index (χ2v) is 9.59. The molecule has 12 heteroatoms. The van der Waals surface area contributed by atoms with E-state index >= 15 is 0 Å². The van der Waals surface area contributed by atoms with Gasteiger partial charge in [0.2, 0.25) is 0 Å². The summed E-state index contributed by atoms with van der Waals surface area (Å²) in [6, 6.07) is 18.0. The van der Waals surface area contributed by atoms with E-state index in [2.05, 4.69) is 79.6 Å². The largest absolute Gasteiger partial charge is 0.314 e. The van der Waals surface area contributed by atoms with Crippen LogP contribution in [-0.4, -0.2) is 88.3 Å². The van der Waals surface area contributed by atoms with Crippen LogP contribution in [0.3, 0.4) is 0 Å². The third-order valence-electron chi connectivity index (χ3n) is 7.39. The molecule has 0 atom stereocenters. The quantitative estimate of drug-likeness (QED) is 0.187. The van der Waals surface area contributed by atoms with E-state index in [1.807, 2.05) is 0 Å². The summed E-state index contributed by atoms with van der Waals surface area (Å²) in [6.45, 7) is 15.2. The normalized spacial score (nSPS) is 15.4. The van der Waals surface area contributed by atoms with E-state index < -0.39 is 0 Å². The maximum Gasteiger partial charge on any atom is 0.0218 e. The number of fused-ring (bicyclic) bond motifs is 2. The first kappa shape index (κ1) is 41.8. The minimum atomic E-state index is 0. The Balaban J connectivity index is 0. The van der Waals surface area contributed by atoms with Gasteiger partial charge in [0.15, 0.2) is 0 Å². The maximum absolute atomic E-state index is 3.75. The molecule has 4 N–H and O–H groups in total. The molecule has 3 aromatic carbocycles. The predicted octanol–water partition coefficient (Wildman–Crippen LogP) is 4.51. The number of rotatable bonds is 10. The fraction of sp³-hybridized carbons (Fsp3) is 0.500. The van der Waals surface area contributed by atoms with Gasteiger partial charge in [-0.15, -0.1) is 74.4 Å². The SMILES string of the molecule is Cl.Cl.Cl.Cl.Cl.Cl.c1ccc2c(CNCCN3CCNCC3)c3ccccc3c(CNCCN3CCNCC3)c2c1. The van der Waals surface area contributed by atoms with E-state index in [1.54, 1.807) is 0 Å². The zero-order chi connectivity index (χ0) is 23.0. The molecule has 6 nitrogen and oxygen atoms in total. The molecule has 2 aliphatic heterocycles. The molecule has 0 radical (unpaired) electrons. The van der Waals surface area contributed by atoms with E-state index in [-0.39, 0.29) is 74.4 Å². The van der Waals surface area contributed by atoms with Gasteiger partial charge >= 0.3 is 0 Å². The summed E-state index contributed by atoms with van der Waals surface area (Å²) in [5.41, 5.74) is 2.85. The summed E-state index contributed by atoms with van der Waals surface area (Å²) < 4.78 is 0. The molecule has 5 rings (SSSR count). The highest BCUT2D eigenvalue weighted by molar-refractivity contribution is 6.05. The van der Waals surface area contributed by atoms with Gasteiger partial charge in [-0.25, -0.2) is 0 Å². The highest BCUT2D eigenvalue weighted by Crippen LogP contribution is 2.33. The Hall–Kier alpha value is -0.320. The summed E-state index contributed by atoms with van der Waals surface area (Å²) in [5.74, 6) is 0. The molecule has 3 aromatic rings. The summed E-state index contributed by atoms with van der Waals surface area (Å²) in [6.07, 6.45) is 0. The zero-order valence-corrected chi connectivity index (χ0v) is 27.8. The smallest absolute Gasteiger partial charge is 0.0218 e. The van der Waals surface area contributed by atoms with Crippen LogP contribution in [0, 0.1) is 0 Å². The number of nitrogens with one attached hydrogen (secondary N) is 4. The average molecular weight is 679 g/mol. The van der Waals surface area contributed by atoms with Crippen LogP contribution in [0.25, 0.3) is 21.5 Å². The van der Waals surface area contributed by atoms with Crippen molar-refractivity contribution < 1.29 is 0 Å². The third-order valence-corrected chi connectivity index (χ3v) is 7.39. The van der Waals surface area contributed by atoms with Gasteiger partial charge < -0.3 is 21.3 Å². The van der Waals surface area contributed by atoms with E-state index in [1.165, 1.54) is 32.7 Å². The predicted molar refractivity (Wildman–Crippen MR) is 187 cm³/mol. The Labute approximate surface area is 277 Å². The Morgan fingerprint density at radius 3 is 1.10 bits per heavy atom. The molecule has 40 heavy (non-hydrogen) atoms. The fourth-order valence-electron chi connectivity index (χ4n) is 5.46. The number of nitrogens with zero attached hydrogens (tertiary/aromatic N) is 2. The van der Waals surface area contributed by atoms with Crippen LogP contribution in [0.15, 0.2) is 48.5 Å². The number of piperazine rings is 2. The van der Waals surface area contributed by atoms with Gasteiger partial charge in [-0.3, -0.25) is 9.80 Å². The van der Waals surface area contributed by atoms with Crippen molar-refractivity contribution in [2.45, 2.75) is 13.1 Å². The molecule has 2 saturated heterocycles. The highest BCUT2D eigenvalue weighted by atomic mass is 35.5. The molecule has 2 fully saturated rings. The topological polar surface area (TPSA) is 54.6 Å². The van der Waals surface area contributed by atoms with Gasteiger partial charge in [0, 0.05) is 91.6 Å². The Kier molecular flexibility index (Phi) is 23.3. The molecule has 2 heterocycles. The van der Waals surface area contributed by atoms with Gasteiger partial charge in [0.1, 0.15) is 0 Å². The van der Waals surface area contributed by atoms with Crippen LogP contribution >= 0.6 is 74.4 Å². The molecule has 230 valence electrons. The summed E-state index contributed by atoms with van der Waals surface area (Å²) in [5, 5.41) is 19.9. The van der Waals surface area contributed by atoms with Crippen molar-refractivity contribution in [1.29, 1.82) is 0 Å². The molecule has 0 spiro atoms. The van der Waals surface area contributed by atoms with Crippen molar-refractivity contribution in [3.05, 3.63) is 59.7 Å². The fourth-order valence-corrected chi connectivity index (χ4v) is 5.46. The molecule has 0 aromatic heterocycles. The summed E-state index contributed by atoms with van der Waals surface area (Å²) in [7, 11) is 0. The summed E-state index contributed by atoms with van der Waals surface area (Å²) >= 11 is 0. The molecular weight excluding hydrogens is 633 g/mol.